The number of hydrogen-bond acceptors (Lipinski definition) is 3. The third-order valence-corrected chi connectivity index (χ3v) is 2.60. The number of hydrogen-bond donors (Lipinski definition) is 2. The molecular weight excluding hydrogens is 259 g/mol. The number of carbonyl (C=O) groups excluding carboxylic acids is 1. The first-order chi connectivity index (χ1) is 8.66. The fourth-order valence-corrected chi connectivity index (χ4v) is 1.54. The molecule has 0 saturated heterocycles. The Labute approximate surface area is 109 Å². The number of nitrogens with one attached hydrogen (secondary N) is 1. The summed E-state index contributed by atoms with van der Waals surface area (Å²) in [5.41, 5.74) is 3.93. The minimum absolute atomic E-state index is 0.186. The molecule has 0 bridgehead atoms. The maximum Gasteiger partial charge on any atom is 0.433 e. The van der Waals surface area contributed by atoms with Crippen LogP contribution in [0.15, 0.2) is 18.3 Å². The quantitative estimate of drug-likeness (QED) is 0.887. The lowest BCUT2D eigenvalue weighted by Crippen LogP contribution is -2.48. The highest BCUT2D eigenvalue weighted by atomic mass is 19.4. The van der Waals surface area contributed by atoms with Crippen molar-refractivity contribution in [2.24, 2.45) is 5.73 Å². The monoisotopic (exact) mass is 275 g/mol. The zero-order valence-corrected chi connectivity index (χ0v) is 10.7. The van der Waals surface area contributed by atoms with Gasteiger partial charge in [-0.3, -0.25) is 4.79 Å². The van der Waals surface area contributed by atoms with Crippen molar-refractivity contribution in [3.8, 4) is 0 Å². The Morgan fingerprint density at radius 2 is 2.05 bits per heavy atom. The predicted molar refractivity (Wildman–Crippen MR) is 65.4 cm³/mol. The van der Waals surface area contributed by atoms with Gasteiger partial charge < -0.3 is 11.1 Å². The van der Waals surface area contributed by atoms with Gasteiger partial charge in [-0.1, -0.05) is 13.3 Å². The zero-order valence-electron chi connectivity index (χ0n) is 10.7. The molecule has 4 nitrogen and oxygen atoms in total. The van der Waals surface area contributed by atoms with Gasteiger partial charge in [-0.05, 0) is 25.5 Å². The summed E-state index contributed by atoms with van der Waals surface area (Å²) in [6.45, 7) is 3.46. The van der Waals surface area contributed by atoms with E-state index in [2.05, 4.69) is 10.3 Å². The van der Waals surface area contributed by atoms with Crippen LogP contribution in [0, 0.1) is 0 Å². The fourth-order valence-electron chi connectivity index (χ4n) is 1.54. The second kappa shape index (κ2) is 5.56. The van der Waals surface area contributed by atoms with Crippen LogP contribution in [-0.2, 0) is 11.0 Å². The van der Waals surface area contributed by atoms with E-state index in [0.29, 0.717) is 6.42 Å². The van der Waals surface area contributed by atoms with Crippen molar-refractivity contribution < 1.29 is 18.0 Å². The molecule has 1 amide bonds. The van der Waals surface area contributed by atoms with E-state index in [1.807, 2.05) is 6.92 Å². The lowest BCUT2D eigenvalue weighted by Gasteiger charge is -2.22. The molecule has 0 aliphatic carbocycles. The van der Waals surface area contributed by atoms with E-state index in [1.165, 1.54) is 0 Å². The van der Waals surface area contributed by atoms with Crippen molar-refractivity contribution in [2.75, 3.05) is 5.32 Å². The maximum atomic E-state index is 12.3. The van der Waals surface area contributed by atoms with E-state index in [1.54, 1.807) is 6.92 Å². The molecule has 1 heterocycles. The summed E-state index contributed by atoms with van der Waals surface area (Å²) in [5.74, 6) is -0.448. The van der Waals surface area contributed by atoms with Crippen LogP contribution < -0.4 is 11.1 Å². The van der Waals surface area contributed by atoms with Gasteiger partial charge in [0.2, 0.25) is 5.91 Å². The number of alkyl halides is 3. The van der Waals surface area contributed by atoms with Crippen LogP contribution in [0.4, 0.5) is 18.9 Å². The summed E-state index contributed by atoms with van der Waals surface area (Å²) in [6.07, 6.45) is -2.32. The number of carbonyl (C=O) groups is 1. The topological polar surface area (TPSA) is 68.0 Å². The minimum Gasteiger partial charge on any atom is -0.323 e. The van der Waals surface area contributed by atoms with Crippen LogP contribution in [0.25, 0.3) is 0 Å². The van der Waals surface area contributed by atoms with Gasteiger partial charge in [-0.15, -0.1) is 0 Å². The Bertz CT molecular complexity index is 441. The number of amides is 1. The van der Waals surface area contributed by atoms with Crippen molar-refractivity contribution in [3.05, 3.63) is 24.0 Å². The molecule has 1 atom stereocenters. The summed E-state index contributed by atoms with van der Waals surface area (Å²) < 4.78 is 36.9. The first-order valence-electron chi connectivity index (χ1n) is 5.80. The van der Waals surface area contributed by atoms with Gasteiger partial charge in [-0.25, -0.2) is 4.98 Å². The summed E-state index contributed by atoms with van der Waals surface area (Å²) in [6, 6.07) is 1.96. The average molecular weight is 275 g/mol. The normalized spacial score (nSPS) is 14.8. The Balaban J connectivity index is 2.76. The van der Waals surface area contributed by atoms with Crippen molar-refractivity contribution in [2.45, 2.75) is 38.4 Å². The number of halogens is 3. The van der Waals surface area contributed by atoms with Crippen molar-refractivity contribution in [1.82, 2.24) is 4.98 Å². The summed E-state index contributed by atoms with van der Waals surface area (Å²) >= 11 is 0. The molecule has 19 heavy (non-hydrogen) atoms. The number of nitrogens with zero attached hydrogens (tertiary/aromatic N) is 1. The molecule has 3 N–H and O–H groups in total. The van der Waals surface area contributed by atoms with Gasteiger partial charge in [-0.2, -0.15) is 13.2 Å². The first-order valence-corrected chi connectivity index (χ1v) is 5.80. The van der Waals surface area contributed by atoms with Crippen molar-refractivity contribution >= 4 is 11.6 Å². The Morgan fingerprint density at radius 3 is 2.47 bits per heavy atom. The van der Waals surface area contributed by atoms with E-state index in [9.17, 15) is 18.0 Å². The second-order valence-electron chi connectivity index (χ2n) is 4.55. The molecule has 0 aromatic carbocycles. The number of rotatable bonds is 4. The predicted octanol–water partition coefficient (Wildman–Crippen LogP) is 2.56. The third-order valence-electron chi connectivity index (χ3n) is 2.60. The molecule has 1 aromatic heterocycles. The largest absolute Gasteiger partial charge is 0.433 e. The Morgan fingerprint density at radius 1 is 1.42 bits per heavy atom. The molecule has 0 aliphatic heterocycles. The highest BCUT2D eigenvalue weighted by Crippen LogP contribution is 2.27. The van der Waals surface area contributed by atoms with Crippen molar-refractivity contribution in [1.29, 1.82) is 0 Å². The van der Waals surface area contributed by atoms with E-state index in [0.717, 1.165) is 24.8 Å². The average Bonchev–Trinajstić information content (AvgIpc) is 2.28. The SMILES string of the molecule is CCCC(C)(N)C(=O)Nc1ccc(C(F)(F)F)nc1. The lowest BCUT2D eigenvalue weighted by atomic mass is 9.96. The molecule has 0 spiro atoms. The molecule has 0 saturated carbocycles. The number of aromatic nitrogens is 1. The summed E-state index contributed by atoms with van der Waals surface area (Å²) in [4.78, 5) is 15.1. The highest BCUT2D eigenvalue weighted by Gasteiger charge is 2.32. The molecule has 0 aliphatic rings. The van der Waals surface area contributed by atoms with Gasteiger partial charge >= 0.3 is 6.18 Å². The number of pyridine rings is 1. The summed E-state index contributed by atoms with van der Waals surface area (Å²) in [5, 5.41) is 2.45. The molecule has 0 fully saturated rings. The van der Waals surface area contributed by atoms with Crippen LogP contribution in [0.1, 0.15) is 32.4 Å². The molecule has 1 unspecified atom stereocenters. The molecule has 1 rings (SSSR count). The fraction of sp³-hybridized carbons (Fsp3) is 0.500. The van der Waals surface area contributed by atoms with E-state index < -0.39 is 23.3 Å². The van der Waals surface area contributed by atoms with E-state index >= 15 is 0 Å². The zero-order chi connectivity index (χ0) is 14.7. The van der Waals surface area contributed by atoms with Crippen LogP contribution in [0.5, 0.6) is 0 Å². The van der Waals surface area contributed by atoms with Crippen LogP contribution in [-0.4, -0.2) is 16.4 Å². The molecule has 106 valence electrons. The summed E-state index contributed by atoms with van der Waals surface area (Å²) in [7, 11) is 0. The smallest absolute Gasteiger partial charge is 0.323 e. The van der Waals surface area contributed by atoms with Crippen LogP contribution >= 0.6 is 0 Å². The number of nitrogens with two attached hydrogens (primary N) is 1. The number of anilines is 1. The highest BCUT2D eigenvalue weighted by molar-refractivity contribution is 5.97. The first kappa shape index (κ1) is 15.4. The van der Waals surface area contributed by atoms with E-state index in [4.69, 9.17) is 5.73 Å². The minimum atomic E-state index is -4.49. The van der Waals surface area contributed by atoms with Gasteiger partial charge in [0.15, 0.2) is 0 Å². The molecular formula is C12H16F3N3O. The Kier molecular flexibility index (Phi) is 4.52. The lowest BCUT2D eigenvalue weighted by molar-refractivity contribution is -0.141. The van der Waals surface area contributed by atoms with E-state index in [-0.39, 0.29) is 5.69 Å². The second-order valence-corrected chi connectivity index (χ2v) is 4.55. The molecule has 7 heteroatoms. The molecule has 1 aromatic rings. The van der Waals surface area contributed by atoms with Gasteiger partial charge in [0.25, 0.3) is 0 Å². The van der Waals surface area contributed by atoms with Gasteiger partial charge in [0.05, 0.1) is 17.4 Å². The van der Waals surface area contributed by atoms with Crippen LogP contribution in [0.3, 0.4) is 0 Å². The Hall–Kier alpha value is -1.63. The maximum absolute atomic E-state index is 12.3. The van der Waals surface area contributed by atoms with Crippen LogP contribution in [0.2, 0.25) is 0 Å². The third kappa shape index (κ3) is 4.20. The van der Waals surface area contributed by atoms with Crippen molar-refractivity contribution in [3.63, 3.8) is 0 Å². The standard InChI is InChI=1S/C12H16F3N3O/c1-3-6-11(2,16)10(19)18-8-4-5-9(17-7-8)12(13,14)15/h4-5,7H,3,6,16H2,1-2H3,(H,18,19). The van der Waals surface area contributed by atoms with Gasteiger partial charge in [0.1, 0.15) is 5.69 Å². The molecule has 0 radical (unpaired) electrons. The van der Waals surface area contributed by atoms with Gasteiger partial charge in [0, 0.05) is 0 Å².